The van der Waals surface area contributed by atoms with Crippen molar-refractivity contribution in [2.24, 2.45) is 0 Å². The number of carboxylic acids is 1. The van der Waals surface area contributed by atoms with Crippen molar-refractivity contribution in [2.45, 2.75) is 17.4 Å². The number of halogens is 1. The lowest BCUT2D eigenvalue weighted by molar-refractivity contribution is -0.137. The molecule has 5 rings (SSSR count). The van der Waals surface area contributed by atoms with E-state index in [4.69, 9.17) is 16.3 Å². The van der Waals surface area contributed by atoms with Crippen LogP contribution in [-0.2, 0) is 14.8 Å². The Balaban J connectivity index is 1.40. The minimum atomic E-state index is -4.01. The van der Waals surface area contributed by atoms with Gasteiger partial charge in [0.15, 0.2) is 0 Å². The fourth-order valence-electron chi connectivity index (χ4n) is 4.56. The zero-order valence-electron chi connectivity index (χ0n) is 23.2. The van der Waals surface area contributed by atoms with E-state index in [1.54, 1.807) is 30.3 Å². The largest absolute Gasteiger partial charge is 0.481 e. The van der Waals surface area contributed by atoms with Crippen LogP contribution in [0.3, 0.4) is 0 Å². The molecule has 0 radical (unpaired) electrons. The van der Waals surface area contributed by atoms with E-state index in [1.807, 2.05) is 66.7 Å². The molecule has 1 atom stereocenters. The number of ether oxygens (including phenoxy) is 1. The zero-order chi connectivity index (χ0) is 31.1. The molecule has 8 nitrogen and oxygen atoms in total. The predicted molar refractivity (Wildman–Crippen MR) is 170 cm³/mol. The van der Waals surface area contributed by atoms with Gasteiger partial charge in [-0.25, -0.2) is 8.42 Å². The van der Waals surface area contributed by atoms with E-state index in [-0.39, 0.29) is 21.2 Å². The lowest BCUT2D eigenvalue weighted by Gasteiger charge is -2.20. The Morgan fingerprint density at radius 1 is 0.795 bits per heavy atom. The van der Waals surface area contributed by atoms with E-state index >= 15 is 0 Å². The number of para-hydroxylation sites is 2. The first-order chi connectivity index (χ1) is 21.2. The standard InChI is InChI=1S/C34H27ClN2O6S/c35-25-19-20-30(37-44(41,42)27-11-5-2-6-12-27)29(21-25)34(40)36-31(22-33(38)39)24-17-15-23(16-18-24)28-13-7-8-14-32(28)43-26-9-3-1-4-10-26/h1-21,31,37H,22H2,(H,36,40)(H,38,39). The first kappa shape index (κ1) is 30.3. The molecule has 5 aromatic rings. The first-order valence-corrected chi connectivity index (χ1v) is 15.4. The Labute approximate surface area is 260 Å². The van der Waals surface area contributed by atoms with Gasteiger partial charge in [-0.05, 0) is 59.7 Å². The van der Waals surface area contributed by atoms with Crippen LogP contribution in [0.2, 0.25) is 5.02 Å². The molecule has 0 aromatic heterocycles. The summed E-state index contributed by atoms with van der Waals surface area (Å²) in [5.41, 5.74) is 2.13. The van der Waals surface area contributed by atoms with Gasteiger partial charge in [-0.15, -0.1) is 0 Å². The quantitative estimate of drug-likeness (QED) is 0.139. The summed E-state index contributed by atoms with van der Waals surface area (Å²) in [5, 5.41) is 12.6. The molecule has 5 aromatic carbocycles. The highest BCUT2D eigenvalue weighted by molar-refractivity contribution is 7.92. The number of hydrogen-bond acceptors (Lipinski definition) is 5. The molecule has 0 aliphatic rings. The van der Waals surface area contributed by atoms with Crippen molar-refractivity contribution in [2.75, 3.05) is 4.72 Å². The average Bonchev–Trinajstić information content (AvgIpc) is 3.02. The number of hydrogen-bond donors (Lipinski definition) is 3. The van der Waals surface area contributed by atoms with E-state index in [9.17, 15) is 23.1 Å². The van der Waals surface area contributed by atoms with Crippen LogP contribution in [0.5, 0.6) is 11.5 Å². The Hall–Kier alpha value is -5.12. The number of anilines is 1. The van der Waals surface area contributed by atoms with Crippen LogP contribution in [0.25, 0.3) is 11.1 Å². The number of nitrogens with one attached hydrogen (secondary N) is 2. The van der Waals surface area contributed by atoms with Crippen LogP contribution in [0, 0.1) is 0 Å². The maximum absolute atomic E-state index is 13.5. The average molecular weight is 627 g/mol. The SMILES string of the molecule is O=C(O)CC(NC(=O)c1cc(Cl)ccc1NS(=O)(=O)c1ccccc1)c1ccc(-c2ccccc2Oc2ccccc2)cc1. The van der Waals surface area contributed by atoms with Gasteiger partial charge in [-0.1, -0.05) is 90.5 Å². The Morgan fingerprint density at radius 2 is 1.43 bits per heavy atom. The number of rotatable bonds is 11. The third-order valence-corrected chi connectivity index (χ3v) is 8.31. The van der Waals surface area contributed by atoms with Crippen molar-refractivity contribution in [3.8, 4) is 22.6 Å². The van der Waals surface area contributed by atoms with E-state index < -0.39 is 34.4 Å². The number of carbonyl (C=O) groups excluding carboxylic acids is 1. The molecule has 1 amide bonds. The summed E-state index contributed by atoms with van der Waals surface area (Å²) in [4.78, 5) is 25.3. The molecule has 44 heavy (non-hydrogen) atoms. The summed E-state index contributed by atoms with van der Waals surface area (Å²) in [5.74, 6) is -0.493. The highest BCUT2D eigenvalue weighted by atomic mass is 35.5. The molecule has 0 aliphatic carbocycles. The van der Waals surface area contributed by atoms with Gasteiger partial charge in [0.05, 0.1) is 28.6 Å². The van der Waals surface area contributed by atoms with Crippen LogP contribution >= 0.6 is 11.6 Å². The van der Waals surface area contributed by atoms with Gasteiger partial charge in [-0.2, -0.15) is 0 Å². The van der Waals surface area contributed by atoms with Crippen molar-refractivity contribution >= 4 is 39.2 Å². The second-order valence-electron chi connectivity index (χ2n) is 9.77. The molecule has 222 valence electrons. The van der Waals surface area contributed by atoms with Gasteiger partial charge < -0.3 is 15.2 Å². The normalized spacial score (nSPS) is 11.8. The summed E-state index contributed by atoms with van der Waals surface area (Å²) >= 11 is 6.16. The van der Waals surface area contributed by atoms with Crippen molar-refractivity contribution in [3.63, 3.8) is 0 Å². The van der Waals surface area contributed by atoms with Crippen LogP contribution in [-0.4, -0.2) is 25.4 Å². The molecule has 0 heterocycles. The van der Waals surface area contributed by atoms with Crippen molar-refractivity contribution < 1.29 is 27.9 Å². The molecule has 1 unspecified atom stereocenters. The molecule has 0 fully saturated rings. The second-order valence-corrected chi connectivity index (χ2v) is 11.9. The molecule has 0 aliphatic heterocycles. The number of sulfonamides is 1. The topological polar surface area (TPSA) is 122 Å². The molecule has 10 heteroatoms. The van der Waals surface area contributed by atoms with Crippen LogP contribution < -0.4 is 14.8 Å². The number of carboxylic acid groups (broad SMARTS) is 1. The van der Waals surface area contributed by atoms with E-state index in [1.165, 1.54) is 30.3 Å². The van der Waals surface area contributed by atoms with Crippen LogP contribution in [0.1, 0.15) is 28.4 Å². The van der Waals surface area contributed by atoms with Gasteiger partial charge in [0.1, 0.15) is 11.5 Å². The fourth-order valence-corrected chi connectivity index (χ4v) is 5.84. The maximum Gasteiger partial charge on any atom is 0.305 e. The van der Waals surface area contributed by atoms with Crippen LogP contribution in [0.15, 0.2) is 132 Å². The van der Waals surface area contributed by atoms with E-state index in [2.05, 4.69) is 10.0 Å². The van der Waals surface area contributed by atoms with Gasteiger partial charge in [-0.3, -0.25) is 14.3 Å². The molecular formula is C34H27ClN2O6S. The molecule has 0 spiro atoms. The Kier molecular flexibility index (Phi) is 9.28. The van der Waals surface area contributed by atoms with Crippen molar-refractivity contribution in [1.82, 2.24) is 5.32 Å². The summed E-state index contributed by atoms with van der Waals surface area (Å²) in [6.07, 6.45) is -0.412. The lowest BCUT2D eigenvalue weighted by Crippen LogP contribution is -2.31. The lowest BCUT2D eigenvalue weighted by atomic mass is 9.98. The zero-order valence-corrected chi connectivity index (χ0v) is 24.8. The smallest absolute Gasteiger partial charge is 0.305 e. The number of aliphatic carboxylic acids is 1. The third-order valence-electron chi connectivity index (χ3n) is 6.69. The summed E-state index contributed by atoms with van der Waals surface area (Å²) < 4.78 is 34.4. The van der Waals surface area contributed by atoms with Gasteiger partial charge in [0, 0.05) is 10.6 Å². The summed E-state index contributed by atoms with van der Waals surface area (Å²) in [6, 6.07) is 35.0. The molecular weight excluding hydrogens is 600 g/mol. The minimum absolute atomic E-state index is 0.00445. The van der Waals surface area contributed by atoms with Gasteiger partial charge >= 0.3 is 5.97 Å². The molecule has 3 N–H and O–H groups in total. The molecule has 0 bridgehead atoms. The minimum Gasteiger partial charge on any atom is -0.481 e. The summed E-state index contributed by atoms with van der Waals surface area (Å²) in [7, 11) is -4.01. The summed E-state index contributed by atoms with van der Waals surface area (Å²) in [6.45, 7) is 0. The van der Waals surface area contributed by atoms with Crippen LogP contribution in [0.4, 0.5) is 5.69 Å². The fraction of sp³-hybridized carbons (Fsp3) is 0.0588. The molecule has 0 saturated heterocycles. The van der Waals surface area contributed by atoms with Gasteiger partial charge in [0.25, 0.3) is 15.9 Å². The van der Waals surface area contributed by atoms with E-state index in [0.717, 1.165) is 11.1 Å². The maximum atomic E-state index is 13.5. The Bertz CT molecular complexity index is 1880. The van der Waals surface area contributed by atoms with Crippen molar-refractivity contribution in [3.05, 3.63) is 144 Å². The van der Waals surface area contributed by atoms with Crippen molar-refractivity contribution in [1.29, 1.82) is 0 Å². The highest BCUT2D eigenvalue weighted by Gasteiger charge is 2.23. The number of benzene rings is 5. The Morgan fingerprint density at radius 3 is 2.11 bits per heavy atom. The number of amides is 1. The van der Waals surface area contributed by atoms with Gasteiger partial charge in [0.2, 0.25) is 0 Å². The molecule has 0 saturated carbocycles. The van der Waals surface area contributed by atoms with E-state index in [0.29, 0.717) is 17.1 Å². The first-order valence-electron chi connectivity index (χ1n) is 13.5. The second kappa shape index (κ2) is 13.5. The number of carbonyl (C=O) groups is 2. The highest BCUT2D eigenvalue weighted by Crippen LogP contribution is 2.34. The monoisotopic (exact) mass is 626 g/mol. The predicted octanol–water partition coefficient (Wildman–Crippen LogP) is 7.55. The third kappa shape index (κ3) is 7.44.